The van der Waals surface area contributed by atoms with Gasteiger partial charge in [0.25, 0.3) is 5.91 Å². The Hall–Kier alpha value is -1.36. The Morgan fingerprint density at radius 1 is 1.50 bits per heavy atom. The van der Waals surface area contributed by atoms with Gasteiger partial charge in [0, 0.05) is 18.5 Å². The zero-order valence-electron chi connectivity index (χ0n) is 11.3. The molecule has 0 spiro atoms. The van der Waals surface area contributed by atoms with Crippen LogP contribution in [0.3, 0.4) is 0 Å². The largest absolute Gasteiger partial charge is 0.393 e. The molecule has 0 saturated carbocycles. The lowest BCUT2D eigenvalue weighted by Gasteiger charge is -2.07. The first kappa shape index (κ1) is 14.7. The third-order valence-corrected chi connectivity index (χ3v) is 3.10. The smallest absolute Gasteiger partial charge is 0.289 e. The molecular weight excluding hydrogens is 232 g/mol. The first-order valence-corrected chi connectivity index (χ1v) is 6.51. The molecule has 2 atom stereocenters. The highest BCUT2D eigenvalue weighted by Crippen LogP contribution is 2.17. The number of aliphatic hydroxyl groups excluding tert-OH is 1. The molecule has 0 fully saturated rings. The lowest BCUT2D eigenvalue weighted by Crippen LogP contribution is -2.26. The minimum atomic E-state index is -0.365. The summed E-state index contributed by atoms with van der Waals surface area (Å²) in [5, 5.41) is 15.9. The van der Waals surface area contributed by atoms with Crippen LogP contribution in [-0.2, 0) is 0 Å². The zero-order valence-corrected chi connectivity index (χ0v) is 11.3. The van der Waals surface area contributed by atoms with Crippen LogP contribution in [0.4, 0.5) is 0 Å². The Morgan fingerprint density at radius 3 is 2.83 bits per heavy atom. The zero-order chi connectivity index (χ0) is 13.5. The van der Waals surface area contributed by atoms with Gasteiger partial charge >= 0.3 is 0 Å². The Bertz CT molecular complexity index is 376. The highest BCUT2D eigenvalue weighted by Gasteiger charge is 2.15. The average Bonchev–Trinajstić information content (AvgIpc) is 2.87. The molecule has 102 valence electrons. The van der Waals surface area contributed by atoms with E-state index in [1.165, 1.54) is 0 Å². The lowest BCUT2D eigenvalue weighted by molar-refractivity contribution is 0.0905. The molecule has 1 aromatic heterocycles. The number of amides is 1. The van der Waals surface area contributed by atoms with Gasteiger partial charge in [-0.2, -0.15) is 0 Å². The number of carbonyl (C=O) groups excluding carboxylic acids is 1. The third-order valence-electron chi connectivity index (χ3n) is 3.10. The standard InChI is InChI=1S/C13H22N2O3/c1-4-9(3)11-8-12(18-15-11)13(17)14-7-6-10(16)5-2/h8-10,16H,4-7H2,1-3H3,(H,14,17). The van der Waals surface area contributed by atoms with E-state index in [1.807, 2.05) is 13.8 Å². The minimum Gasteiger partial charge on any atom is -0.393 e. The second-order valence-corrected chi connectivity index (χ2v) is 4.53. The molecule has 2 N–H and O–H groups in total. The van der Waals surface area contributed by atoms with Crippen LogP contribution in [-0.4, -0.2) is 28.8 Å². The van der Waals surface area contributed by atoms with E-state index in [4.69, 9.17) is 4.52 Å². The summed E-state index contributed by atoms with van der Waals surface area (Å²) in [6.45, 7) is 6.44. The number of nitrogens with zero attached hydrogens (tertiary/aromatic N) is 1. The second-order valence-electron chi connectivity index (χ2n) is 4.53. The number of rotatable bonds is 7. The van der Waals surface area contributed by atoms with Crippen molar-refractivity contribution >= 4 is 5.91 Å². The van der Waals surface area contributed by atoms with Gasteiger partial charge in [-0.3, -0.25) is 4.79 Å². The summed E-state index contributed by atoms with van der Waals surface area (Å²) in [5.41, 5.74) is 0.802. The van der Waals surface area contributed by atoms with E-state index in [0.29, 0.717) is 19.4 Å². The molecule has 18 heavy (non-hydrogen) atoms. The highest BCUT2D eigenvalue weighted by molar-refractivity contribution is 5.91. The van der Waals surface area contributed by atoms with Crippen LogP contribution in [0.1, 0.15) is 62.2 Å². The fourth-order valence-electron chi connectivity index (χ4n) is 1.48. The molecule has 5 nitrogen and oxygen atoms in total. The van der Waals surface area contributed by atoms with Crippen molar-refractivity contribution in [2.24, 2.45) is 0 Å². The molecule has 0 bridgehead atoms. The van der Waals surface area contributed by atoms with Crippen molar-refractivity contribution in [2.45, 2.75) is 52.1 Å². The monoisotopic (exact) mass is 254 g/mol. The summed E-state index contributed by atoms with van der Waals surface area (Å²) in [7, 11) is 0. The van der Waals surface area contributed by atoms with Gasteiger partial charge < -0.3 is 14.9 Å². The second kappa shape index (κ2) is 7.16. The molecule has 0 aliphatic heterocycles. The van der Waals surface area contributed by atoms with Crippen molar-refractivity contribution in [3.8, 4) is 0 Å². The van der Waals surface area contributed by atoms with Crippen LogP contribution >= 0.6 is 0 Å². The maximum absolute atomic E-state index is 11.7. The molecule has 1 amide bonds. The summed E-state index contributed by atoms with van der Waals surface area (Å²) < 4.78 is 5.01. The summed E-state index contributed by atoms with van der Waals surface area (Å²) >= 11 is 0. The van der Waals surface area contributed by atoms with Crippen molar-refractivity contribution < 1.29 is 14.4 Å². The van der Waals surface area contributed by atoms with Gasteiger partial charge in [-0.05, 0) is 19.3 Å². The van der Waals surface area contributed by atoms with Gasteiger partial charge in [0.15, 0.2) is 0 Å². The van der Waals surface area contributed by atoms with Crippen molar-refractivity contribution in [3.05, 3.63) is 17.5 Å². The fraction of sp³-hybridized carbons (Fsp3) is 0.692. The van der Waals surface area contributed by atoms with Gasteiger partial charge in [0.05, 0.1) is 11.8 Å². The maximum Gasteiger partial charge on any atom is 0.289 e. The first-order chi connectivity index (χ1) is 8.58. The number of hydrogen-bond donors (Lipinski definition) is 2. The Balaban J connectivity index is 2.44. The molecule has 5 heteroatoms. The number of aliphatic hydroxyl groups is 1. The minimum absolute atomic E-state index is 0.233. The van der Waals surface area contributed by atoms with Crippen molar-refractivity contribution in [2.75, 3.05) is 6.54 Å². The Labute approximate surface area is 108 Å². The van der Waals surface area contributed by atoms with E-state index in [9.17, 15) is 9.90 Å². The third kappa shape index (κ3) is 4.14. The summed E-state index contributed by atoms with van der Waals surface area (Å²) in [4.78, 5) is 11.7. The van der Waals surface area contributed by atoms with Crippen molar-refractivity contribution in [3.63, 3.8) is 0 Å². The molecule has 0 saturated heterocycles. The van der Waals surface area contributed by atoms with Crippen LogP contribution in [0.25, 0.3) is 0 Å². The molecule has 0 aliphatic carbocycles. The van der Waals surface area contributed by atoms with Gasteiger partial charge in [-0.1, -0.05) is 25.9 Å². The molecular formula is C13H22N2O3. The maximum atomic E-state index is 11.7. The van der Waals surface area contributed by atoms with Crippen LogP contribution in [0.2, 0.25) is 0 Å². The van der Waals surface area contributed by atoms with E-state index in [-0.39, 0.29) is 23.7 Å². The molecule has 1 heterocycles. The van der Waals surface area contributed by atoms with Gasteiger partial charge in [0.1, 0.15) is 0 Å². The summed E-state index contributed by atoms with van der Waals surface area (Å²) in [5.74, 6) is 0.244. The predicted octanol–water partition coefficient (Wildman–Crippen LogP) is 2.08. The molecule has 1 rings (SSSR count). The van der Waals surface area contributed by atoms with Crippen LogP contribution in [0.5, 0.6) is 0 Å². The summed E-state index contributed by atoms with van der Waals surface area (Å²) in [6, 6.07) is 1.68. The van der Waals surface area contributed by atoms with Gasteiger partial charge in [-0.15, -0.1) is 0 Å². The van der Waals surface area contributed by atoms with Gasteiger partial charge in [0.2, 0.25) is 5.76 Å². The highest BCUT2D eigenvalue weighted by atomic mass is 16.5. The van der Waals surface area contributed by atoms with E-state index in [0.717, 1.165) is 12.1 Å². The van der Waals surface area contributed by atoms with Crippen molar-refractivity contribution in [1.29, 1.82) is 0 Å². The first-order valence-electron chi connectivity index (χ1n) is 6.51. The van der Waals surface area contributed by atoms with Crippen LogP contribution in [0.15, 0.2) is 10.6 Å². The van der Waals surface area contributed by atoms with E-state index in [1.54, 1.807) is 6.07 Å². The normalized spacial score (nSPS) is 14.2. The quantitative estimate of drug-likeness (QED) is 0.781. The van der Waals surface area contributed by atoms with E-state index >= 15 is 0 Å². The predicted molar refractivity (Wildman–Crippen MR) is 68.5 cm³/mol. The molecule has 2 unspecified atom stereocenters. The van der Waals surface area contributed by atoms with E-state index in [2.05, 4.69) is 17.4 Å². The summed E-state index contributed by atoms with van der Waals surface area (Å²) in [6.07, 6.45) is 1.83. The number of nitrogens with one attached hydrogen (secondary N) is 1. The molecule has 0 radical (unpaired) electrons. The van der Waals surface area contributed by atoms with Gasteiger partial charge in [-0.25, -0.2) is 0 Å². The SMILES string of the molecule is CCC(O)CCNC(=O)c1cc(C(C)CC)no1. The van der Waals surface area contributed by atoms with E-state index < -0.39 is 0 Å². The molecule has 0 aromatic carbocycles. The number of carbonyl (C=O) groups is 1. The Kier molecular flexibility index (Phi) is 5.85. The van der Waals surface area contributed by atoms with Crippen molar-refractivity contribution in [1.82, 2.24) is 10.5 Å². The van der Waals surface area contributed by atoms with Crippen LogP contribution < -0.4 is 5.32 Å². The topological polar surface area (TPSA) is 75.4 Å². The number of aromatic nitrogens is 1. The fourth-order valence-corrected chi connectivity index (χ4v) is 1.48. The number of hydrogen-bond acceptors (Lipinski definition) is 4. The Morgan fingerprint density at radius 2 is 2.22 bits per heavy atom. The molecule has 0 aliphatic rings. The molecule has 1 aromatic rings. The lowest BCUT2D eigenvalue weighted by atomic mass is 10.1. The van der Waals surface area contributed by atoms with Crippen LogP contribution in [0, 0.1) is 0 Å². The average molecular weight is 254 g/mol.